The smallest absolute Gasteiger partial charge is 0.292 e. The number of carbonyl (C=O) groups is 1. The first-order chi connectivity index (χ1) is 11.2. The highest BCUT2D eigenvalue weighted by Gasteiger charge is 2.30. The summed E-state index contributed by atoms with van der Waals surface area (Å²) in [6, 6.07) is 9.28. The third kappa shape index (κ3) is 2.88. The second-order valence-corrected chi connectivity index (χ2v) is 6.07. The minimum atomic E-state index is -0.204. The maximum absolute atomic E-state index is 12.4. The van der Waals surface area contributed by atoms with E-state index in [9.17, 15) is 4.79 Å². The number of ether oxygens (including phenoxy) is 2. The third-order valence-corrected chi connectivity index (χ3v) is 4.13. The van der Waals surface area contributed by atoms with Crippen LogP contribution in [0.25, 0.3) is 0 Å². The molecule has 0 bridgehead atoms. The van der Waals surface area contributed by atoms with Crippen molar-refractivity contribution in [2.75, 3.05) is 20.2 Å². The number of likely N-dealkylation sites (N-methyl/N-ethyl adjacent to an activating group) is 1. The Labute approximate surface area is 134 Å². The summed E-state index contributed by atoms with van der Waals surface area (Å²) in [5.74, 6) is 2.01. The van der Waals surface area contributed by atoms with Crippen LogP contribution in [0.3, 0.4) is 0 Å². The Morgan fingerprint density at radius 1 is 1.30 bits per heavy atom. The van der Waals surface area contributed by atoms with Crippen LogP contribution in [-0.4, -0.2) is 42.3 Å². The van der Waals surface area contributed by atoms with Crippen molar-refractivity contribution in [2.24, 2.45) is 0 Å². The van der Waals surface area contributed by atoms with Crippen LogP contribution in [0.4, 0.5) is 0 Å². The van der Waals surface area contributed by atoms with E-state index in [1.54, 1.807) is 18.0 Å². The molecule has 1 aromatic heterocycles. The summed E-state index contributed by atoms with van der Waals surface area (Å²) in [5.41, 5.74) is 0.882. The highest BCUT2D eigenvalue weighted by Crippen LogP contribution is 2.39. The topological polar surface area (TPSA) is 64.8 Å². The van der Waals surface area contributed by atoms with E-state index in [1.165, 1.54) is 0 Å². The van der Waals surface area contributed by atoms with Gasteiger partial charge in [0.05, 0.1) is 12.2 Å². The van der Waals surface area contributed by atoms with Gasteiger partial charge in [-0.15, -0.1) is 0 Å². The van der Waals surface area contributed by atoms with E-state index in [2.05, 4.69) is 5.16 Å². The minimum absolute atomic E-state index is 0.188. The van der Waals surface area contributed by atoms with Gasteiger partial charge >= 0.3 is 0 Å². The first-order valence-electron chi connectivity index (χ1n) is 7.81. The standard InChI is InChI=1S/C17H18N2O4/c1-19(17(20)16-8-13(18-23-16)11-6-7-11)9-12-10-21-14-4-2-3-5-15(14)22-12/h2-5,8,11-12H,6-7,9-10H2,1H3. The minimum Gasteiger partial charge on any atom is -0.486 e. The Kier molecular flexibility index (Phi) is 3.44. The zero-order valence-electron chi connectivity index (χ0n) is 12.9. The van der Waals surface area contributed by atoms with Gasteiger partial charge in [-0.3, -0.25) is 4.79 Å². The van der Waals surface area contributed by atoms with E-state index >= 15 is 0 Å². The number of nitrogens with zero attached hydrogens (tertiary/aromatic N) is 2. The summed E-state index contributed by atoms with van der Waals surface area (Å²) in [5, 5.41) is 3.98. The van der Waals surface area contributed by atoms with Gasteiger partial charge in [-0.05, 0) is 25.0 Å². The highest BCUT2D eigenvalue weighted by atomic mass is 16.6. The van der Waals surface area contributed by atoms with Crippen LogP contribution in [0.5, 0.6) is 11.5 Å². The molecule has 2 aliphatic rings. The molecule has 6 nitrogen and oxygen atoms in total. The predicted octanol–water partition coefficient (Wildman–Crippen LogP) is 2.46. The molecule has 120 valence electrons. The van der Waals surface area contributed by atoms with Crippen LogP contribution in [0.1, 0.15) is 35.0 Å². The zero-order chi connectivity index (χ0) is 15.8. The van der Waals surface area contributed by atoms with E-state index in [1.807, 2.05) is 24.3 Å². The maximum atomic E-state index is 12.4. The average Bonchev–Trinajstić information content (AvgIpc) is 3.31. The molecule has 4 rings (SSSR count). The van der Waals surface area contributed by atoms with Gasteiger partial charge in [-0.2, -0.15) is 0 Å². The number of para-hydroxylation sites is 2. The molecule has 0 saturated heterocycles. The number of fused-ring (bicyclic) bond motifs is 1. The fraction of sp³-hybridized carbons (Fsp3) is 0.412. The van der Waals surface area contributed by atoms with Crippen LogP contribution < -0.4 is 9.47 Å². The lowest BCUT2D eigenvalue weighted by atomic mass is 10.2. The second-order valence-electron chi connectivity index (χ2n) is 6.07. The number of hydrogen-bond donors (Lipinski definition) is 0. The molecule has 0 radical (unpaired) electrons. The van der Waals surface area contributed by atoms with Crippen molar-refractivity contribution < 1.29 is 18.8 Å². The molecule has 0 spiro atoms. The van der Waals surface area contributed by atoms with Crippen molar-refractivity contribution in [1.82, 2.24) is 10.1 Å². The van der Waals surface area contributed by atoms with Gasteiger partial charge in [-0.25, -0.2) is 0 Å². The molecule has 1 saturated carbocycles. The molecule has 1 fully saturated rings. The van der Waals surface area contributed by atoms with E-state index in [0.717, 1.165) is 24.3 Å². The van der Waals surface area contributed by atoms with Gasteiger partial charge in [0.2, 0.25) is 5.76 Å². The van der Waals surface area contributed by atoms with Crippen molar-refractivity contribution >= 4 is 5.91 Å². The Morgan fingerprint density at radius 3 is 2.87 bits per heavy atom. The zero-order valence-corrected chi connectivity index (χ0v) is 12.9. The lowest BCUT2D eigenvalue weighted by molar-refractivity contribution is 0.0496. The maximum Gasteiger partial charge on any atom is 0.292 e. The molecule has 23 heavy (non-hydrogen) atoms. The molecule has 0 N–H and O–H groups in total. The molecular weight excluding hydrogens is 296 g/mol. The summed E-state index contributed by atoms with van der Waals surface area (Å²) in [6.45, 7) is 0.838. The van der Waals surface area contributed by atoms with E-state index in [-0.39, 0.29) is 17.8 Å². The molecule has 2 heterocycles. The summed E-state index contributed by atoms with van der Waals surface area (Å²) >= 11 is 0. The van der Waals surface area contributed by atoms with E-state index in [4.69, 9.17) is 14.0 Å². The Hall–Kier alpha value is -2.50. The molecule has 1 aliphatic heterocycles. The lowest BCUT2D eigenvalue weighted by Gasteiger charge is -2.29. The summed E-state index contributed by atoms with van der Waals surface area (Å²) in [7, 11) is 1.73. The van der Waals surface area contributed by atoms with Gasteiger partial charge < -0.3 is 18.9 Å². The van der Waals surface area contributed by atoms with Crippen LogP contribution >= 0.6 is 0 Å². The van der Waals surface area contributed by atoms with Gasteiger partial charge in [0.25, 0.3) is 5.91 Å². The number of aromatic nitrogens is 1. The van der Waals surface area contributed by atoms with Crippen molar-refractivity contribution in [3.05, 3.63) is 41.8 Å². The number of carbonyl (C=O) groups excluding carboxylic acids is 1. The average molecular weight is 314 g/mol. The fourth-order valence-electron chi connectivity index (χ4n) is 2.69. The molecule has 1 amide bonds. The van der Waals surface area contributed by atoms with Crippen LogP contribution in [0.15, 0.2) is 34.9 Å². The molecule has 6 heteroatoms. The quantitative estimate of drug-likeness (QED) is 0.867. The molecule has 1 atom stereocenters. The summed E-state index contributed by atoms with van der Waals surface area (Å²) in [4.78, 5) is 14.0. The largest absolute Gasteiger partial charge is 0.486 e. The predicted molar refractivity (Wildman–Crippen MR) is 81.8 cm³/mol. The van der Waals surface area contributed by atoms with Gasteiger partial charge in [0.1, 0.15) is 6.61 Å². The van der Waals surface area contributed by atoms with Crippen molar-refractivity contribution in [2.45, 2.75) is 24.9 Å². The SMILES string of the molecule is CN(CC1COc2ccccc2O1)C(=O)c1cc(C2CC2)no1. The van der Waals surface area contributed by atoms with Gasteiger partial charge in [-0.1, -0.05) is 17.3 Å². The second kappa shape index (κ2) is 5.61. The highest BCUT2D eigenvalue weighted by molar-refractivity contribution is 5.91. The number of benzene rings is 1. The van der Waals surface area contributed by atoms with Crippen molar-refractivity contribution in [3.63, 3.8) is 0 Å². The summed E-state index contributed by atoms with van der Waals surface area (Å²) in [6.07, 6.45) is 2.05. The first kappa shape index (κ1) is 14.1. The first-order valence-corrected chi connectivity index (χ1v) is 7.81. The normalized spacial score (nSPS) is 19.4. The molecule has 2 aromatic rings. The number of amides is 1. The number of rotatable bonds is 4. The van der Waals surface area contributed by atoms with E-state index < -0.39 is 0 Å². The molecule has 1 aromatic carbocycles. The number of hydrogen-bond acceptors (Lipinski definition) is 5. The monoisotopic (exact) mass is 314 g/mol. The van der Waals surface area contributed by atoms with Crippen molar-refractivity contribution in [1.29, 1.82) is 0 Å². The Bertz CT molecular complexity index is 723. The van der Waals surface area contributed by atoms with Gasteiger partial charge in [0.15, 0.2) is 17.6 Å². The Balaban J connectivity index is 1.39. The van der Waals surface area contributed by atoms with Gasteiger partial charge in [0, 0.05) is 19.0 Å². The van der Waals surface area contributed by atoms with Crippen molar-refractivity contribution in [3.8, 4) is 11.5 Å². The van der Waals surface area contributed by atoms with E-state index in [0.29, 0.717) is 24.8 Å². The summed E-state index contributed by atoms with van der Waals surface area (Å²) < 4.78 is 16.7. The molecule has 1 unspecified atom stereocenters. The van der Waals surface area contributed by atoms with Crippen LogP contribution in [-0.2, 0) is 0 Å². The van der Waals surface area contributed by atoms with Crippen LogP contribution in [0, 0.1) is 0 Å². The molecule has 1 aliphatic carbocycles. The van der Waals surface area contributed by atoms with Crippen LogP contribution in [0.2, 0.25) is 0 Å². The fourth-order valence-corrected chi connectivity index (χ4v) is 2.69. The Morgan fingerprint density at radius 2 is 2.09 bits per heavy atom. The third-order valence-electron chi connectivity index (χ3n) is 4.13. The lowest BCUT2D eigenvalue weighted by Crippen LogP contribution is -2.41. The molecular formula is C17H18N2O4.